The van der Waals surface area contributed by atoms with Crippen LogP contribution in [-0.4, -0.2) is 29.7 Å². The van der Waals surface area contributed by atoms with Crippen molar-refractivity contribution in [3.05, 3.63) is 66.0 Å². The lowest BCUT2D eigenvalue weighted by atomic mass is 10.1. The average Bonchev–Trinajstić information content (AvgIpc) is 3.45. The Bertz CT molecular complexity index is 1310. The molecule has 0 saturated heterocycles. The molecular formula is C22H21N7S. The van der Waals surface area contributed by atoms with Crippen LogP contribution >= 0.6 is 11.3 Å². The first-order valence-corrected chi connectivity index (χ1v) is 10.5. The number of hydrogen-bond donors (Lipinski definition) is 2. The number of nitrogens with two attached hydrogens (primary N) is 1. The smallest absolute Gasteiger partial charge is 0.135 e. The molecular weight excluding hydrogens is 394 g/mol. The normalized spacial score (nSPS) is 11.4. The summed E-state index contributed by atoms with van der Waals surface area (Å²) in [6.45, 7) is 4.90. The Morgan fingerprint density at radius 3 is 2.67 bits per heavy atom. The number of hydrogen-bond acceptors (Lipinski definition) is 6. The van der Waals surface area contributed by atoms with Crippen LogP contribution in [0.15, 0.2) is 49.1 Å². The van der Waals surface area contributed by atoms with E-state index in [1.165, 1.54) is 11.9 Å². The van der Waals surface area contributed by atoms with Gasteiger partial charge in [-0.25, -0.2) is 15.0 Å². The predicted molar refractivity (Wildman–Crippen MR) is 120 cm³/mol. The molecule has 1 aromatic carbocycles. The number of benzene rings is 1. The quantitative estimate of drug-likeness (QED) is 0.444. The minimum atomic E-state index is 0.500. The first-order chi connectivity index (χ1) is 14.6. The molecule has 7 nitrogen and oxygen atoms in total. The highest BCUT2D eigenvalue weighted by Gasteiger charge is 2.19. The number of nitrogens with one attached hydrogen (secondary N) is 1. The molecule has 0 unspecified atom stereocenters. The number of H-pyrrole nitrogens is 1. The Morgan fingerprint density at radius 1 is 1.10 bits per heavy atom. The molecule has 0 amide bonds. The lowest BCUT2D eigenvalue weighted by Gasteiger charge is -2.09. The number of aromatic amines is 1. The summed E-state index contributed by atoms with van der Waals surface area (Å²) >= 11 is 1.61. The third kappa shape index (κ3) is 3.15. The molecule has 5 aromatic rings. The molecule has 30 heavy (non-hydrogen) atoms. The highest BCUT2D eigenvalue weighted by molar-refractivity contribution is 7.21. The van der Waals surface area contributed by atoms with E-state index >= 15 is 0 Å². The number of anilines is 1. The molecule has 4 heterocycles. The van der Waals surface area contributed by atoms with Crippen LogP contribution in [0.3, 0.4) is 0 Å². The number of rotatable bonds is 5. The van der Waals surface area contributed by atoms with E-state index in [2.05, 4.69) is 49.9 Å². The summed E-state index contributed by atoms with van der Waals surface area (Å²) in [5.74, 6) is 0.500. The number of aryl methyl sites for hydroxylation is 3. The van der Waals surface area contributed by atoms with Crippen molar-refractivity contribution < 1.29 is 0 Å². The van der Waals surface area contributed by atoms with Crippen LogP contribution in [-0.2, 0) is 13.0 Å². The van der Waals surface area contributed by atoms with Gasteiger partial charge in [0, 0.05) is 17.8 Å². The molecule has 3 N–H and O–H groups in total. The fraction of sp³-hybridized carbons (Fsp3) is 0.182. The second-order valence-corrected chi connectivity index (χ2v) is 8.28. The van der Waals surface area contributed by atoms with Gasteiger partial charge < -0.3 is 10.3 Å². The van der Waals surface area contributed by atoms with Crippen LogP contribution in [0.4, 0.5) is 5.82 Å². The Morgan fingerprint density at radius 2 is 1.93 bits per heavy atom. The lowest BCUT2D eigenvalue weighted by Crippen LogP contribution is -2.03. The van der Waals surface area contributed by atoms with Gasteiger partial charge in [0.15, 0.2) is 0 Å². The molecule has 0 radical (unpaired) electrons. The van der Waals surface area contributed by atoms with Crippen molar-refractivity contribution in [1.29, 1.82) is 0 Å². The van der Waals surface area contributed by atoms with E-state index in [-0.39, 0.29) is 0 Å². The standard InChI is InChI=1S/C22H21N7S/c1-13-16(14(2)28-27-13)8-9-29-12-26-19(15-6-4-3-5-7-15)20(29)18-10-17-21(23)24-11-25-22(17)30-18/h3-7,10-12H,8-9H2,1-2H3,(H,27,28)(H2,23,24,25). The van der Waals surface area contributed by atoms with Gasteiger partial charge in [-0.3, -0.25) is 5.10 Å². The van der Waals surface area contributed by atoms with Crippen molar-refractivity contribution >= 4 is 27.4 Å². The van der Waals surface area contributed by atoms with Crippen molar-refractivity contribution in [2.45, 2.75) is 26.8 Å². The molecule has 8 heteroatoms. The van der Waals surface area contributed by atoms with E-state index < -0.39 is 0 Å². The van der Waals surface area contributed by atoms with E-state index in [9.17, 15) is 0 Å². The topological polar surface area (TPSA) is 98.3 Å². The van der Waals surface area contributed by atoms with Gasteiger partial charge in [-0.1, -0.05) is 30.3 Å². The second-order valence-electron chi connectivity index (χ2n) is 7.25. The maximum atomic E-state index is 6.09. The Kier molecular flexibility index (Phi) is 4.55. The highest BCUT2D eigenvalue weighted by Crippen LogP contribution is 2.39. The van der Waals surface area contributed by atoms with Gasteiger partial charge in [-0.05, 0) is 31.9 Å². The zero-order valence-electron chi connectivity index (χ0n) is 16.8. The SMILES string of the molecule is Cc1n[nH]c(C)c1CCn1cnc(-c2ccccc2)c1-c1cc2c(N)ncnc2s1. The minimum absolute atomic E-state index is 0.500. The number of fused-ring (bicyclic) bond motifs is 1. The summed E-state index contributed by atoms with van der Waals surface area (Å²) in [4.78, 5) is 15.3. The van der Waals surface area contributed by atoms with Crippen LogP contribution in [0.5, 0.6) is 0 Å². The number of nitrogens with zero attached hydrogens (tertiary/aromatic N) is 5. The van der Waals surface area contributed by atoms with Crippen LogP contribution in [0.2, 0.25) is 0 Å². The predicted octanol–water partition coefficient (Wildman–Crippen LogP) is 4.39. The van der Waals surface area contributed by atoms with Crippen molar-refractivity contribution in [1.82, 2.24) is 29.7 Å². The van der Waals surface area contributed by atoms with Crippen molar-refractivity contribution in [3.8, 4) is 21.8 Å². The van der Waals surface area contributed by atoms with Gasteiger partial charge >= 0.3 is 0 Å². The summed E-state index contributed by atoms with van der Waals surface area (Å²) in [5.41, 5.74) is 12.6. The van der Waals surface area contributed by atoms with E-state index in [1.54, 1.807) is 11.3 Å². The average molecular weight is 416 g/mol. The van der Waals surface area contributed by atoms with E-state index in [0.717, 1.165) is 56.4 Å². The third-order valence-electron chi connectivity index (χ3n) is 5.36. The van der Waals surface area contributed by atoms with E-state index in [1.807, 2.05) is 31.5 Å². The number of aromatic nitrogens is 6. The fourth-order valence-corrected chi connectivity index (χ4v) is 4.85. The fourth-order valence-electron chi connectivity index (χ4n) is 3.78. The molecule has 0 aliphatic heterocycles. The van der Waals surface area contributed by atoms with Gasteiger partial charge in [-0.2, -0.15) is 5.10 Å². The number of nitrogen functional groups attached to an aromatic ring is 1. The van der Waals surface area contributed by atoms with Gasteiger partial charge in [0.05, 0.1) is 33.7 Å². The van der Waals surface area contributed by atoms with Gasteiger partial charge in [0.2, 0.25) is 0 Å². The number of thiophene rings is 1. The summed E-state index contributed by atoms with van der Waals surface area (Å²) < 4.78 is 2.21. The van der Waals surface area contributed by atoms with Crippen molar-refractivity contribution in [3.63, 3.8) is 0 Å². The molecule has 0 saturated carbocycles. The zero-order valence-corrected chi connectivity index (χ0v) is 17.6. The molecule has 0 fully saturated rings. The molecule has 0 aliphatic rings. The van der Waals surface area contributed by atoms with Crippen molar-refractivity contribution in [2.24, 2.45) is 0 Å². The third-order valence-corrected chi connectivity index (χ3v) is 6.41. The zero-order chi connectivity index (χ0) is 20.7. The Balaban J connectivity index is 1.62. The first kappa shape index (κ1) is 18.5. The van der Waals surface area contributed by atoms with E-state index in [0.29, 0.717) is 5.82 Å². The van der Waals surface area contributed by atoms with E-state index in [4.69, 9.17) is 10.7 Å². The molecule has 150 valence electrons. The van der Waals surface area contributed by atoms with Crippen LogP contribution in [0.1, 0.15) is 17.0 Å². The van der Waals surface area contributed by atoms with Crippen LogP contribution < -0.4 is 5.73 Å². The van der Waals surface area contributed by atoms with Crippen LogP contribution in [0.25, 0.3) is 32.0 Å². The van der Waals surface area contributed by atoms with Gasteiger partial charge in [-0.15, -0.1) is 11.3 Å². The lowest BCUT2D eigenvalue weighted by molar-refractivity contribution is 0.698. The Labute approximate surface area is 177 Å². The molecule has 0 spiro atoms. The van der Waals surface area contributed by atoms with Gasteiger partial charge in [0.25, 0.3) is 0 Å². The molecule has 0 aliphatic carbocycles. The summed E-state index contributed by atoms with van der Waals surface area (Å²) in [6.07, 6.45) is 4.30. The molecule has 4 aromatic heterocycles. The molecule has 0 bridgehead atoms. The largest absolute Gasteiger partial charge is 0.383 e. The minimum Gasteiger partial charge on any atom is -0.383 e. The molecule has 0 atom stereocenters. The van der Waals surface area contributed by atoms with Crippen LogP contribution in [0, 0.1) is 13.8 Å². The second kappa shape index (κ2) is 7.38. The highest BCUT2D eigenvalue weighted by atomic mass is 32.1. The number of imidazole rings is 1. The Hall–Kier alpha value is -3.52. The molecule has 5 rings (SSSR count). The monoisotopic (exact) mass is 415 g/mol. The maximum Gasteiger partial charge on any atom is 0.135 e. The summed E-state index contributed by atoms with van der Waals surface area (Å²) in [7, 11) is 0. The maximum absolute atomic E-state index is 6.09. The van der Waals surface area contributed by atoms with Crippen molar-refractivity contribution in [2.75, 3.05) is 5.73 Å². The summed E-state index contributed by atoms with van der Waals surface area (Å²) in [5, 5.41) is 8.28. The van der Waals surface area contributed by atoms with Gasteiger partial charge in [0.1, 0.15) is 17.0 Å². The first-order valence-electron chi connectivity index (χ1n) is 9.73. The summed E-state index contributed by atoms with van der Waals surface area (Å²) in [6, 6.07) is 12.3.